The lowest BCUT2D eigenvalue weighted by atomic mass is 10.1. The number of benzene rings is 2. The van der Waals surface area contributed by atoms with Crippen LogP contribution >= 0.6 is 23.2 Å². The average molecular weight is 377 g/mol. The minimum atomic E-state index is -0.484. The van der Waals surface area contributed by atoms with Gasteiger partial charge in [0.05, 0.1) is 10.6 Å². The monoisotopic (exact) mass is 376 g/mol. The Morgan fingerprint density at radius 1 is 1.04 bits per heavy atom. The minimum Gasteiger partial charge on any atom is -0.349 e. The van der Waals surface area contributed by atoms with Crippen LogP contribution in [0.1, 0.15) is 29.8 Å². The Morgan fingerprint density at radius 3 is 2.32 bits per heavy atom. The number of carbonyl (C=O) groups is 2. The Bertz CT molecular complexity index is 802. The molecule has 0 unspecified atom stereocenters. The number of amides is 2. The molecule has 25 heavy (non-hydrogen) atoms. The third kappa shape index (κ3) is 5.62. The van der Waals surface area contributed by atoms with Crippen molar-refractivity contribution in [1.29, 1.82) is 0 Å². The van der Waals surface area contributed by atoms with E-state index in [1.807, 2.05) is 44.2 Å². The van der Waals surface area contributed by atoms with Gasteiger partial charge >= 0.3 is 0 Å². The van der Waals surface area contributed by atoms with Gasteiger partial charge < -0.3 is 10.6 Å². The maximum Gasteiger partial charge on any atom is 0.268 e. The SMILES string of the molecule is CC(C)NC(=O)/C(=C/c1ccccc1)NC(=O)c1ccc(Cl)cc1Cl. The lowest BCUT2D eigenvalue weighted by Crippen LogP contribution is -2.38. The molecule has 6 heteroatoms. The highest BCUT2D eigenvalue weighted by Gasteiger charge is 2.17. The molecule has 130 valence electrons. The van der Waals surface area contributed by atoms with Gasteiger partial charge in [0, 0.05) is 11.1 Å². The molecule has 2 rings (SSSR count). The van der Waals surface area contributed by atoms with E-state index in [4.69, 9.17) is 23.2 Å². The van der Waals surface area contributed by atoms with Crippen molar-refractivity contribution in [2.24, 2.45) is 0 Å². The summed E-state index contributed by atoms with van der Waals surface area (Å²) in [7, 11) is 0. The van der Waals surface area contributed by atoms with E-state index in [1.54, 1.807) is 12.1 Å². The highest BCUT2D eigenvalue weighted by molar-refractivity contribution is 6.36. The zero-order valence-electron chi connectivity index (χ0n) is 13.8. The van der Waals surface area contributed by atoms with E-state index in [0.29, 0.717) is 5.02 Å². The number of rotatable bonds is 5. The van der Waals surface area contributed by atoms with E-state index in [2.05, 4.69) is 10.6 Å². The molecule has 0 radical (unpaired) electrons. The lowest BCUT2D eigenvalue weighted by Gasteiger charge is -2.13. The highest BCUT2D eigenvalue weighted by Crippen LogP contribution is 2.21. The molecule has 0 saturated carbocycles. The lowest BCUT2D eigenvalue weighted by molar-refractivity contribution is -0.118. The second-order valence-corrected chi connectivity index (χ2v) is 6.52. The van der Waals surface area contributed by atoms with Gasteiger partial charge in [0.1, 0.15) is 5.70 Å². The molecule has 4 nitrogen and oxygen atoms in total. The molecule has 2 aromatic carbocycles. The number of hydrogen-bond acceptors (Lipinski definition) is 2. The van der Waals surface area contributed by atoms with Crippen molar-refractivity contribution in [3.05, 3.63) is 75.4 Å². The molecule has 0 heterocycles. The molecule has 0 fully saturated rings. The van der Waals surface area contributed by atoms with Gasteiger partial charge in [-0.1, -0.05) is 53.5 Å². The first-order valence-electron chi connectivity index (χ1n) is 7.71. The van der Waals surface area contributed by atoms with Crippen LogP contribution in [0.3, 0.4) is 0 Å². The molecule has 0 bridgehead atoms. The zero-order chi connectivity index (χ0) is 18.4. The van der Waals surface area contributed by atoms with Crippen molar-refractivity contribution < 1.29 is 9.59 Å². The average Bonchev–Trinajstić information content (AvgIpc) is 2.54. The van der Waals surface area contributed by atoms with Gasteiger partial charge in [-0.2, -0.15) is 0 Å². The van der Waals surface area contributed by atoms with Crippen LogP contribution in [0.4, 0.5) is 0 Å². The van der Waals surface area contributed by atoms with Gasteiger partial charge in [-0.05, 0) is 43.7 Å². The predicted octanol–water partition coefficient (Wildman–Crippen LogP) is 4.29. The summed E-state index contributed by atoms with van der Waals surface area (Å²) in [5, 5.41) is 6.04. The van der Waals surface area contributed by atoms with Crippen LogP contribution in [0.2, 0.25) is 10.0 Å². The highest BCUT2D eigenvalue weighted by atomic mass is 35.5. The molecule has 0 aliphatic carbocycles. The molecule has 0 aliphatic rings. The van der Waals surface area contributed by atoms with Crippen LogP contribution in [-0.2, 0) is 4.79 Å². The molecule has 2 N–H and O–H groups in total. The number of hydrogen-bond donors (Lipinski definition) is 2. The summed E-state index contributed by atoms with van der Waals surface area (Å²) in [4.78, 5) is 24.9. The predicted molar refractivity (Wildman–Crippen MR) is 102 cm³/mol. The van der Waals surface area contributed by atoms with E-state index < -0.39 is 5.91 Å². The van der Waals surface area contributed by atoms with Crippen molar-refractivity contribution >= 4 is 41.1 Å². The van der Waals surface area contributed by atoms with E-state index in [-0.39, 0.29) is 28.2 Å². The summed E-state index contributed by atoms with van der Waals surface area (Å²) < 4.78 is 0. The second-order valence-electron chi connectivity index (χ2n) is 5.68. The van der Waals surface area contributed by atoms with Crippen molar-refractivity contribution in [2.45, 2.75) is 19.9 Å². The summed E-state index contributed by atoms with van der Waals surface area (Å²) in [6.45, 7) is 3.69. The maximum atomic E-state index is 12.5. The second kappa shape index (κ2) is 8.70. The molecule has 0 spiro atoms. The van der Waals surface area contributed by atoms with Gasteiger partial charge in [-0.3, -0.25) is 9.59 Å². The van der Waals surface area contributed by atoms with Gasteiger partial charge in [-0.15, -0.1) is 0 Å². The summed E-state index contributed by atoms with van der Waals surface area (Å²) in [5.41, 5.74) is 1.16. The van der Waals surface area contributed by atoms with Crippen LogP contribution in [0.15, 0.2) is 54.2 Å². The van der Waals surface area contributed by atoms with Crippen LogP contribution in [0.5, 0.6) is 0 Å². The van der Waals surface area contributed by atoms with Gasteiger partial charge in [0.2, 0.25) is 0 Å². The first-order valence-corrected chi connectivity index (χ1v) is 8.46. The summed E-state index contributed by atoms with van der Waals surface area (Å²) in [6.07, 6.45) is 1.61. The molecular weight excluding hydrogens is 359 g/mol. The zero-order valence-corrected chi connectivity index (χ0v) is 15.4. The van der Waals surface area contributed by atoms with Crippen LogP contribution < -0.4 is 10.6 Å². The largest absolute Gasteiger partial charge is 0.349 e. The molecule has 0 aromatic heterocycles. The molecular formula is C19H18Cl2N2O2. The number of carbonyl (C=O) groups excluding carboxylic acids is 2. The van der Waals surface area contributed by atoms with Crippen LogP contribution in [0.25, 0.3) is 6.08 Å². The number of nitrogens with one attached hydrogen (secondary N) is 2. The Morgan fingerprint density at radius 2 is 1.72 bits per heavy atom. The Balaban J connectivity index is 2.30. The summed E-state index contributed by atoms with van der Waals surface area (Å²) in [6, 6.07) is 13.7. The Hall–Kier alpha value is -2.30. The fourth-order valence-corrected chi connectivity index (χ4v) is 2.57. The maximum absolute atomic E-state index is 12.5. The van der Waals surface area contributed by atoms with Crippen molar-refractivity contribution in [2.75, 3.05) is 0 Å². The van der Waals surface area contributed by atoms with Gasteiger partial charge in [0.15, 0.2) is 0 Å². The fraction of sp³-hybridized carbons (Fsp3) is 0.158. The normalized spacial score (nSPS) is 11.3. The molecule has 0 atom stereocenters. The van der Waals surface area contributed by atoms with Gasteiger partial charge in [-0.25, -0.2) is 0 Å². The standard InChI is InChI=1S/C19H18Cl2N2O2/c1-12(2)22-19(25)17(10-13-6-4-3-5-7-13)23-18(24)15-9-8-14(20)11-16(15)21/h3-12H,1-2H3,(H,22,25)(H,23,24)/b17-10-. The third-order valence-corrected chi connectivity index (χ3v) is 3.75. The van der Waals surface area contributed by atoms with E-state index in [0.717, 1.165) is 5.56 Å². The fourth-order valence-electron chi connectivity index (χ4n) is 2.08. The molecule has 2 aromatic rings. The molecule has 0 aliphatic heterocycles. The van der Waals surface area contributed by atoms with E-state index in [1.165, 1.54) is 12.1 Å². The first-order chi connectivity index (χ1) is 11.9. The van der Waals surface area contributed by atoms with Crippen molar-refractivity contribution in [3.8, 4) is 0 Å². The first kappa shape index (κ1) is 19.0. The topological polar surface area (TPSA) is 58.2 Å². The minimum absolute atomic E-state index is 0.0669. The van der Waals surface area contributed by atoms with Crippen LogP contribution in [0, 0.1) is 0 Å². The van der Waals surface area contributed by atoms with Crippen molar-refractivity contribution in [1.82, 2.24) is 10.6 Å². The molecule has 0 saturated heterocycles. The quantitative estimate of drug-likeness (QED) is 0.764. The smallest absolute Gasteiger partial charge is 0.268 e. The van der Waals surface area contributed by atoms with Gasteiger partial charge in [0.25, 0.3) is 11.8 Å². The summed E-state index contributed by atoms with van der Waals surface area (Å²) >= 11 is 11.9. The number of halogens is 2. The van der Waals surface area contributed by atoms with E-state index in [9.17, 15) is 9.59 Å². The molecule has 2 amide bonds. The summed E-state index contributed by atoms with van der Waals surface area (Å²) in [5.74, 6) is -0.861. The van der Waals surface area contributed by atoms with Crippen LogP contribution in [-0.4, -0.2) is 17.9 Å². The Labute approximate surface area is 156 Å². The Kier molecular flexibility index (Phi) is 6.62. The van der Waals surface area contributed by atoms with Crippen molar-refractivity contribution in [3.63, 3.8) is 0 Å². The third-order valence-electron chi connectivity index (χ3n) is 3.20. The van der Waals surface area contributed by atoms with E-state index >= 15 is 0 Å².